The van der Waals surface area contributed by atoms with Gasteiger partial charge in [-0.2, -0.15) is 10.5 Å². The van der Waals surface area contributed by atoms with Crippen LogP contribution in [0.15, 0.2) is 0 Å². The second kappa shape index (κ2) is 3.66. The fourth-order valence-electron chi connectivity index (χ4n) is 2.58. The van der Waals surface area contributed by atoms with E-state index in [-0.39, 0.29) is 11.7 Å². The van der Waals surface area contributed by atoms with E-state index in [2.05, 4.69) is 0 Å². The molecule has 3 heteroatoms. The van der Waals surface area contributed by atoms with E-state index < -0.39 is 5.92 Å². The minimum Gasteiger partial charge on any atom is -0.297 e. The number of ketones is 1. The predicted octanol–water partition coefficient (Wildman–Crippen LogP) is 2.19. The number of carbonyl (C=O) groups is 1. The zero-order chi connectivity index (χ0) is 10.9. The number of nitriles is 2. The van der Waals surface area contributed by atoms with Gasteiger partial charge in [0.05, 0.1) is 12.1 Å². The van der Waals surface area contributed by atoms with Crippen molar-refractivity contribution in [3.8, 4) is 12.1 Å². The number of carbonyl (C=O) groups excluding carboxylic acids is 1. The minimum atomic E-state index is -1.04. The molecule has 0 heterocycles. The van der Waals surface area contributed by atoms with Gasteiger partial charge in [-0.15, -0.1) is 0 Å². The second-order valence-electron chi connectivity index (χ2n) is 4.87. The molecule has 0 aromatic rings. The summed E-state index contributed by atoms with van der Waals surface area (Å²) in [6.07, 6.45) is 6.64. The normalized spacial score (nSPS) is 23.4. The molecule has 0 aromatic heterocycles. The monoisotopic (exact) mass is 202 g/mol. The van der Waals surface area contributed by atoms with Crippen LogP contribution < -0.4 is 0 Å². The van der Waals surface area contributed by atoms with Crippen molar-refractivity contribution in [1.29, 1.82) is 10.5 Å². The molecule has 3 nitrogen and oxygen atoms in total. The average molecular weight is 202 g/mol. The van der Waals surface area contributed by atoms with E-state index in [1.165, 1.54) is 12.8 Å². The second-order valence-corrected chi connectivity index (χ2v) is 4.87. The maximum atomic E-state index is 11.7. The van der Waals surface area contributed by atoms with Crippen LogP contribution in [0.5, 0.6) is 0 Å². The minimum absolute atomic E-state index is 0.0273. The first-order valence-corrected chi connectivity index (χ1v) is 5.54. The van der Waals surface area contributed by atoms with Crippen LogP contribution in [0.2, 0.25) is 0 Å². The zero-order valence-electron chi connectivity index (χ0n) is 8.70. The molecule has 2 aliphatic carbocycles. The number of rotatable bonds is 2. The third kappa shape index (κ3) is 1.88. The standard InChI is InChI=1S/C12H14N2O/c13-7-10(8-14)11(15)9-1-3-12(4-2-9)5-6-12/h9-10H,1-6H2. The molecule has 0 amide bonds. The van der Waals surface area contributed by atoms with Crippen molar-refractivity contribution in [2.45, 2.75) is 38.5 Å². The summed E-state index contributed by atoms with van der Waals surface area (Å²) in [4.78, 5) is 11.7. The van der Waals surface area contributed by atoms with Crippen molar-refractivity contribution >= 4 is 5.78 Å². The molecule has 1 spiro atoms. The van der Waals surface area contributed by atoms with Gasteiger partial charge < -0.3 is 0 Å². The quantitative estimate of drug-likeness (QED) is 0.689. The van der Waals surface area contributed by atoms with E-state index >= 15 is 0 Å². The average Bonchev–Trinajstić information content (AvgIpc) is 3.01. The summed E-state index contributed by atoms with van der Waals surface area (Å²) >= 11 is 0. The Morgan fingerprint density at radius 1 is 1.13 bits per heavy atom. The van der Waals surface area contributed by atoms with E-state index in [1.54, 1.807) is 12.1 Å². The van der Waals surface area contributed by atoms with Crippen LogP contribution in [0.25, 0.3) is 0 Å². The van der Waals surface area contributed by atoms with E-state index in [1.807, 2.05) is 0 Å². The smallest absolute Gasteiger partial charge is 0.191 e. The van der Waals surface area contributed by atoms with Crippen molar-refractivity contribution in [2.75, 3.05) is 0 Å². The highest BCUT2D eigenvalue weighted by atomic mass is 16.1. The molecule has 15 heavy (non-hydrogen) atoms. The lowest BCUT2D eigenvalue weighted by Gasteiger charge is -2.27. The summed E-state index contributed by atoms with van der Waals surface area (Å²) in [5.41, 5.74) is 0.561. The Morgan fingerprint density at radius 3 is 2.07 bits per heavy atom. The molecule has 0 aromatic carbocycles. The van der Waals surface area contributed by atoms with Crippen LogP contribution in [-0.4, -0.2) is 5.78 Å². The maximum Gasteiger partial charge on any atom is 0.191 e. The fourth-order valence-corrected chi connectivity index (χ4v) is 2.58. The highest BCUT2D eigenvalue weighted by molar-refractivity contribution is 5.87. The fraction of sp³-hybridized carbons (Fsp3) is 0.750. The largest absolute Gasteiger partial charge is 0.297 e. The Kier molecular flexibility index (Phi) is 2.49. The summed E-state index contributed by atoms with van der Waals surface area (Å²) < 4.78 is 0. The highest BCUT2D eigenvalue weighted by Crippen LogP contribution is 2.57. The van der Waals surface area contributed by atoms with Crippen LogP contribution in [0, 0.1) is 39.9 Å². The van der Waals surface area contributed by atoms with Gasteiger partial charge in [0.15, 0.2) is 11.7 Å². The molecule has 2 fully saturated rings. The van der Waals surface area contributed by atoms with Gasteiger partial charge in [0.25, 0.3) is 0 Å². The van der Waals surface area contributed by atoms with Crippen LogP contribution in [-0.2, 0) is 4.79 Å². The molecular weight excluding hydrogens is 188 g/mol. The lowest BCUT2D eigenvalue weighted by atomic mass is 9.76. The van der Waals surface area contributed by atoms with Gasteiger partial charge in [-0.3, -0.25) is 4.79 Å². The zero-order valence-corrected chi connectivity index (χ0v) is 8.70. The first kappa shape index (κ1) is 10.2. The van der Waals surface area contributed by atoms with Crippen molar-refractivity contribution in [1.82, 2.24) is 0 Å². The van der Waals surface area contributed by atoms with E-state index in [0.717, 1.165) is 25.7 Å². The van der Waals surface area contributed by atoms with Gasteiger partial charge in [-0.05, 0) is 43.9 Å². The maximum absolute atomic E-state index is 11.7. The van der Waals surface area contributed by atoms with Gasteiger partial charge in [-0.25, -0.2) is 0 Å². The molecule has 0 unspecified atom stereocenters. The first-order chi connectivity index (χ1) is 7.21. The summed E-state index contributed by atoms with van der Waals surface area (Å²) in [5.74, 6) is -1.21. The molecule has 0 atom stereocenters. The lowest BCUT2D eigenvalue weighted by Crippen LogP contribution is -2.26. The van der Waals surface area contributed by atoms with Gasteiger partial charge in [0.1, 0.15) is 0 Å². The Balaban J connectivity index is 1.93. The molecule has 2 aliphatic rings. The van der Waals surface area contributed by atoms with E-state index in [0.29, 0.717) is 5.41 Å². The molecular formula is C12H14N2O. The molecule has 78 valence electrons. The highest BCUT2D eigenvalue weighted by Gasteiger charge is 2.46. The van der Waals surface area contributed by atoms with Gasteiger partial charge >= 0.3 is 0 Å². The van der Waals surface area contributed by atoms with Gasteiger partial charge in [-0.1, -0.05) is 0 Å². The number of hydrogen-bond donors (Lipinski definition) is 0. The van der Waals surface area contributed by atoms with Gasteiger partial charge in [0, 0.05) is 5.92 Å². The van der Waals surface area contributed by atoms with Crippen LogP contribution in [0.1, 0.15) is 38.5 Å². The van der Waals surface area contributed by atoms with Crippen molar-refractivity contribution in [3.63, 3.8) is 0 Å². The van der Waals surface area contributed by atoms with Gasteiger partial charge in [0.2, 0.25) is 0 Å². The van der Waals surface area contributed by atoms with Crippen molar-refractivity contribution in [2.24, 2.45) is 17.3 Å². The predicted molar refractivity (Wildman–Crippen MR) is 53.3 cm³/mol. The number of hydrogen-bond acceptors (Lipinski definition) is 3. The SMILES string of the molecule is N#CC(C#N)C(=O)C1CCC2(CC1)CC2. The third-order valence-corrected chi connectivity index (χ3v) is 3.95. The summed E-state index contributed by atoms with van der Waals surface area (Å²) in [6, 6.07) is 3.55. The van der Waals surface area contributed by atoms with Crippen LogP contribution >= 0.6 is 0 Å². The van der Waals surface area contributed by atoms with Crippen molar-refractivity contribution in [3.05, 3.63) is 0 Å². The Bertz CT molecular complexity index is 333. The van der Waals surface area contributed by atoms with E-state index in [4.69, 9.17) is 10.5 Å². The Hall–Kier alpha value is -1.35. The molecule has 0 saturated heterocycles. The van der Waals surface area contributed by atoms with E-state index in [9.17, 15) is 4.79 Å². The Morgan fingerprint density at radius 2 is 1.67 bits per heavy atom. The molecule has 0 N–H and O–H groups in total. The molecule has 0 bridgehead atoms. The van der Waals surface area contributed by atoms with Crippen molar-refractivity contribution < 1.29 is 4.79 Å². The van der Waals surface area contributed by atoms with Crippen LogP contribution in [0.4, 0.5) is 0 Å². The first-order valence-electron chi connectivity index (χ1n) is 5.54. The Labute approximate surface area is 89.7 Å². The molecule has 0 radical (unpaired) electrons. The summed E-state index contributed by atoms with van der Waals surface area (Å²) in [7, 11) is 0. The third-order valence-electron chi connectivity index (χ3n) is 3.95. The molecule has 0 aliphatic heterocycles. The van der Waals surface area contributed by atoms with Crippen LogP contribution in [0.3, 0.4) is 0 Å². The summed E-state index contributed by atoms with van der Waals surface area (Å²) in [6.45, 7) is 0. The number of Topliss-reactive ketones (excluding diaryl/α,β-unsaturated/α-hetero) is 1. The number of nitrogens with zero attached hydrogens (tertiary/aromatic N) is 2. The lowest BCUT2D eigenvalue weighted by molar-refractivity contribution is -0.125. The summed E-state index contributed by atoms with van der Waals surface area (Å²) in [5, 5.41) is 17.3. The molecule has 2 saturated carbocycles. The topological polar surface area (TPSA) is 64.7 Å². The molecule has 2 rings (SSSR count).